The van der Waals surface area contributed by atoms with E-state index in [1.165, 1.54) is 0 Å². The maximum atomic E-state index is 12.6. The van der Waals surface area contributed by atoms with Crippen LogP contribution in [0, 0.1) is 0 Å². The molecule has 6 nitrogen and oxygen atoms in total. The van der Waals surface area contributed by atoms with Crippen molar-refractivity contribution in [1.29, 1.82) is 0 Å². The molecule has 1 aromatic rings. The molecule has 2 fully saturated rings. The molecular weight excluding hydrogens is 318 g/mol. The van der Waals surface area contributed by atoms with Gasteiger partial charge in [0.25, 0.3) is 0 Å². The third-order valence-electron chi connectivity index (χ3n) is 4.60. The Kier molecular flexibility index (Phi) is 6.44. The van der Waals surface area contributed by atoms with Gasteiger partial charge in [-0.25, -0.2) is 4.79 Å². The van der Waals surface area contributed by atoms with Crippen LogP contribution < -0.4 is 5.32 Å². The standard InChI is InChI=1S/C19H27N3O3/c1-2-16-4-6-17(7-5-16)20-19(23)22-8-3-11-25-18(15-22)14-21-9-12-24-13-10-21/h2,4-7,18H,1,3,8-15H2,(H,20,23)/t18-/m0/s1. The van der Waals surface area contributed by atoms with E-state index >= 15 is 0 Å². The van der Waals surface area contributed by atoms with Crippen LogP contribution in [0.25, 0.3) is 6.08 Å². The minimum Gasteiger partial charge on any atom is -0.379 e. The summed E-state index contributed by atoms with van der Waals surface area (Å²) in [6.45, 7) is 10.0. The second-order valence-corrected chi connectivity index (χ2v) is 6.46. The monoisotopic (exact) mass is 345 g/mol. The third-order valence-corrected chi connectivity index (χ3v) is 4.60. The minimum absolute atomic E-state index is 0.0505. The molecule has 2 saturated heterocycles. The molecule has 25 heavy (non-hydrogen) atoms. The van der Waals surface area contributed by atoms with Crippen molar-refractivity contribution >= 4 is 17.8 Å². The molecule has 2 heterocycles. The second-order valence-electron chi connectivity index (χ2n) is 6.46. The first-order valence-electron chi connectivity index (χ1n) is 8.95. The largest absolute Gasteiger partial charge is 0.379 e. The Bertz CT molecular complexity index is 570. The van der Waals surface area contributed by atoms with Crippen molar-refractivity contribution in [3.8, 4) is 0 Å². The number of rotatable bonds is 4. The highest BCUT2D eigenvalue weighted by Gasteiger charge is 2.25. The van der Waals surface area contributed by atoms with Crippen LogP contribution >= 0.6 is 0 Å². The number of anilines is 1. The molecule has 1 aromatic carbocycles. The van der Waals surface area contributed by atoms with E-state index < -0.39 is 0 Å². The molecule has 1 N–H and O–H groups in total. The van der Waals surface area contributed by atoms with E-state index in [1.807, 2.05) is 29.2 Å². The van der Waals surface area contributed by atoms with Crippen molar-refractivity contribution in [3.63, 3.8) is 0 Å². The summed E-state index contributed by atoms with van der Waals surface area (Å²) in [4.78, 5) is 16.8. The van der Waals surface area contributed by atoms with Crippen LogP contribution in [0.3, 0.4) is 0 Å². The molecule has 136 valence electrons. The fraction of sp³-hybridized carbons (Fsp3) is 0.526. The van der Waals surface area contributed by atoms with Gasteiger partial charge in [0.2, 0.25) is 0 Å². The second kappa shape index (κ2) is 8.99. The third kappa shape index (κ3) is 5.29. The number of hydrogen-bond acceptors (Lipinski definition) is 4. The van der Waals surface area contributed by atoms with Crippen molar-refractivity contribution in [2.45, 2.75) is 12.5 Å². The van der Waals surface area contributed by atoms with Gasteiger partial charge in [-0.05, 0) is 24.1 Å². The summed E-state index contributed by atoms with van der Waals surface area (Å²) in [5, 5.41) is 2.98. The van der Waals surface area contributed by atoms with E-state index in [0.29, 0.717) is 13.2 Å². The maximum Gasteiger partial charge on any atom is 0.321 e. The van der Waals surface area contributed by atoms with E-state index in [-0.39, 0.29) is 12.1 Å². The molecular formula is C19H27N3O3. The average molecular weight is 345 g/mol. The highest BCUT2D eigenvalue weighted by molar-refractivity contribution is 5.89. The van der Waals surface area contributed by atoms with Gasteiger partial charge >= 0.3 is 6.03 Å². The van der Waals surface area contributed by atoms with Crippen LogP contribution in [-0.4, -0.2) is 74.5 Å². The lowest BCUT2D eigenvalue weighted by Crippen LogP contribution is -2.46. The number of nitrogens with one attached hydrogen (secondary N) is 1. The van der Waals surface area contributed by atoms with Crippen LogP contribution in [0.1, 0.15) is 12.0 Å². The molecule has 0 bridgehead atoms. The highest BCUT2D eigenvalue weighted by atomic mass is 16.5. The highest BCUT2D eigenvalue weighted by Crippen LogP contribution is 2.14. The predicted molar refractivity (Wildman–Crippen MR) is 98.7 cm³/mol. The van der Waals surface area contributed by atoms with Crippen LogP contribution in [0.4, 0.5) is 10.5 Å². The fourth-order valence-corrected chi connectivity index (χ4v) is 3.17. The van der Waals surface area contributed by atoms with Gasteiger partial charge in [-0.3, -0.25) is 4.90 Å². The molecule has 0 spiro atoms. The Hall–Kier alpha value is -1.89. The number of ether oxygens (including phenoxy) is 2. The molecule has 2 aliphatic heterocycles. The van der Waals surface area contributed by atoms with E-state index in [1.54, 1.807) is 6.08 Å². The summed E-state index contributed by atoms with van der Waals surface area (Å²) >= 11 is 0. The number of nitrogens with zero attached hydrogens (tertiary/aromatic N) is 2. The van der Waals surface area contributed by atoms with E-state index in [4.69, 9.17) is 9.47 Å². The normalized spacial score (nSPS) is 22.2. The summed E-state index contributed by atoms with van der Waals surface area (Å²) in [5.41, 5.74) is 1.83. The topological polar surface area (TPSA) is 54.0 Å². The van der Waals surface area contributed by atoms with E-state index in [9.17, 15) is 4.79 Å². The van der Waals surface area contributed by atoms with Gasteiger partial charge in [0.15, 0.2) is 0 Å². The number of amides is 2. The molecule has 0 unspecified atom stereocenters. The zero-order chi connectivity index (χ0) is 17.5. The first kappa shape index (κ1) is 17.9. The van der Waals surface area contributed by atoms with Crippen molar-refractivity contribution in [1.82, 2.24) is 9.80 Å². The Morgan fingerprint density at radius 3 is 2.68 bits per heavy atom. The Labute approximate surface area is 149 Å². The van der Waals surface area contributed by atoms with Crippen molar-refractivity contribution in [3.05, 3.63) is 36.4 Å². The molecule has 6 heteroatoms. The lowest BCUT2D eigenvalue weighted by molar-refractivity contribution is -0.00983. The quantitative estimate of drug-likeness (QED) is 0.910. The number of carbonyl (C=O) groups excluding carboxylic acids is 1. The van der Waals surface area contributed by atoms with Gasteiger partial charge in [0.1, 0.15) is 0 Å². The lowest BCUT2D eigenvalue weighted by Gasteiger charge is -2.31. The lowest BCUT2D eigenvalue weighted by atomic mass is 10.2. The number of morpholine rings is 1. The zero-order valence-corrected chi connectivity index (χ0v) is 14.7. The smallest absolute Gasteiger partial charge is 0.321 e. The molecule has 0 saturated carbocycles. The van der Waals surface area contributed by atoms with Crippen LogP contribution in [0.5, 0.6) is 0 Å². The van der Waals surface area contributed by atoms with Crippen molar-refractivity contribution in [2.75, 3.05) is 57.9 Å². The molecule has 1 atom stereocenters. The molecule has 0 aliphatic carbocycles. The molecule has 0 radical (unpaired) electrons. The van der Waals surface area contributed by atoms with Gasteiger partial charge in [-0.1, -0.05) is 24.8 Å². The van der Waals surface area contributed by atoms with Crippen molar-refractivity contribution in [2.24, 2.45) is 0 Å². The van der Waals surface area contributed by atoms with Gasteiger partial charge in [-0.15, -0.1) is 0 Å². The van der Waals surface area contributed by atoms with E-state index in [0.717, 1.165) is 57.1 Å². The molecule has 2 amide bonds. The Morgan fingerprint density at radius 2 is 1.96 bits per heavy atom. The molecule has 3 rings (SSSR count). The maximum absolute atomic E-state index is 12.6. The minimum atomic E-state index is -0.0659. The number of carbonyl (C=O) groups is 1. The van der Waals surface area contributed by atoms with Crippen LogP contribution in [-0.2, 0) is 9.47 Å². The van der Waals surface area contributed by atoms with E-state index in [2.05, 4.69) is 16.8 Å². The zero-order valence-electron chi connectivity index (χ0n) is 14.7. The first-order valence-corrected chi connectivity index (χ1v) is 8.95. The summed E-state index contributed by atoms with van der Waals surface area (Å²) in [6, 6.07) is 7.61. The molecule has 2 aliphatic rings. The molecule has 0 aromatic heterocycles. The van der Waals surface area contributed by atoms with Crippen LogP contribution in [0.15, 0.2) is 30.8 Å². The number of hydrogen-bond donors (Lipinski definition) is 1. The van der Waals surface area contributed by atoms with Gasteiger partial charge in [-0.2, -0.15) is 0 Å². The summed E-state index contributed by atoms with van der Waals surface area (Å²) in [6.07, 6.45) is 2.70. The number of benzene rings is 1. The summed E-state index contributed by atoms with van der Waals surface area (Å²) in [5.74, 6) is 0. The van der Waals surface area contributed by atoms with Crippen molar-refractivity contribution < 1.29 is 14.3 Å². The SMILES string of the molecule is C=Cc1ccc(NC(=O)N2CCCO[C@@H](CN3CCOCC3)C2)cc1. The Morgan fingerprint density at radius 1 is 1.20 bits per heavy atom. The average Bonchev–Trinajstić information content (AvgIpc) is 2.89. The summed E-state index contributed by atoms with van der Waals surface area (Å²) < 4.78 is 11.3. The fourth-order valence-electron chi connectivity index (χ4n) is 3.17. The number of urea groups is 1. The summed E-state index contributed by atoms with van der Waals surface area (Å²) in [7, 11) is 0. The van der Waals surface area contributed by atoms with Gasteiger partial charge < -0.3 is 19.7 Å². The van der Waals surface area contributed by atoms with Gasteiger partial charge in [0, 0.05) is 45.0 Å². The predicted octanol–water partition coefficient (Wildman–Crippen LogP) is 2.28. The van der Waals surface area contributed by atoms with Gasteiger partial charge in [0.05, 0.1) is 19.3 Å². The Balaban J connectivity index is 1.55. The first-order chi connectivity index (χ1) is 12.2. The van der Waals surface area contributed by atoms with Crippen LogP contribution in [0.2, 0.25) is 0 Å².